The van der Waals surface area contributed by atoms with Crippen molar-refractivity contribution in [3.8, 4) is 5.75 Å². The van der Waals surface area contributed by atoms with Crippen molar-refractivity contribution in [3.63, 3.8) is 0 Å². The molecule has 110 valence electrons. The van der Waals surface area contributed by atoms with Crippen LogP contribution in [0.1, 0.15) is 39.2 Å². The van der Waals surface area contributed by atoms with E-state index in [1.807, 2.05) is 39.0 Å². The Morgan fingerprint density at radius 2 is 2.10 bits per heavy atom. The van der Waals surface area contributed by atoms with Gasteiger partial charge in [-0.2, -0.15) is 0 Å². The third-order valence-corrected chi connectivity index (χ3v) is 3.51. The summed E-state index contributed by atoms with van der Waals surface area (Å²) >= 11 is 0. The second-order valence-electron chi connectivity index (χ2n) is 6.28. The molecule has 1 aliphatic heterocycles. The van der Waals surface area contributed by atoms with Gasteiger partial charge in [-0.05, 0) is 51.7 Å². The average molecular weight is 277 g/mol. The van der Waals surface area contributed by atoms with Crippen LogP contribution in [-0.4, -0.2) is 34.3 Å². The molecule has 1 aromatic rings. The molecule has 1 atom stereocenters. The van der Waals surface area contributed by atoms with Gasteiger partial charge in [-0.25, -0.2) is 4.79 Å². The third-order valence-electron chi connectivity index (χ3n) is 3.51. The van der Waals surface area contributed by atoms with Crippen LogP contribution in [0.5, 0.6) is 5.75 Å². The molecule has 1 unspecified atom stereocenters. The first-order valence-corrected chi connectivity index (χ1v) is 7.13. The highest BCUT2D eigenvalue weighted by molar-refractivity contribution is 5.69. The number of hydrogen-bond acceptors (Lipinski definition) is 3. The van der Waals surface area contributed by atoms with Crippen molar-refractivity contribution in [1.29, 1.82) is 0 Å². The molecule has 0 aliphatic carbocycles. The Kier molecular flexibility index (Phi) is 4.21. The number of benzene rings is 1. The molecule has 0 saturated carbocycles. The normalized spacial score (nSPS) is 18.6. The van der Waals surface area contributed by atoms with Gasteiger partial charge in [0.15, 0.2) is 0 Å². The van der Waals surface area contributed by atoms with Gasteiger partial charge in [-0.3, -0.25) is 0 Å². The summed E-state index contributed by atoms with van der Waals surface area (Å²) in [6.45, 7) is 6.39. The van der Waals surface area contributed by atoms with E-state index in [1.165, 1.54) is 0 Å². The number of carbonyl (C=O) groups is 1. The van der Waals surface area contributed by atoms with Gasteiger partial charge in [-0.15, -0.1) is 0 Å². The standard InChI is InChI=1S/C16H23NO3/c1-16(2,3)20-15(19)17-11-10-13(17)9-8-12-6-4-5-7-14(12)18/h4-7,13,18H,8-11H2,1-3H3. The van der Waals surface area contributed by atoms with E-state index in [4.69, 9.17) is 4.74 Å². The van der Waals surface area contributed by atoms with Crippen LogP contribution < -0.4 is 0 Å². The average Bonchev–Trinajstić information content (AvgIpc) is 2.27. The van der Waals surface area contributed by atoms with Crippen molar-refractivity contribution in [2.75, 3.05) is 6.54 Å². The molecule has 0 radical (unpaired) electrons. The fourth-order valence-corrected chi connectivity index (χ4v) is 2.35. The van der Waals surface area contributed by atoms with Crippen molar-refractivity contribution < 1.29 is 14.6 Å². The van der Waals surface area contributed by atoms with Crippen LogP contribution in [0.15, 0.2) is 24.3 Å². The molecule has 20 heavy (non-hydrogen) atoms. The van der Waals surface area contributed by atoms with Crippen molar-refractivity contribution in [2.45, 2.75) is 51.7 Å². The Morgan fingerprint density at radius 3 is 2.65 bits per heavy atom. The van der Waals surface area contributed by atoms with Gasteiger partial charge in [0.1, 0.15) is 11.4 Å². The second-order valence-corrected chi connectivity index (χ2v) is 6.28. The van der Waals surface area contributed by atoms with Crippen molar-refractivity contribution in [1.82, 2.24) is 4.90 Å². The predicted octanol–water partition coefficient (Wildman–Crippen LogP) is 3.33. The Bertz CT molecular complexity index is 479. The van der Waals surface area contributed by atoms with E-state index < -0.39 is 5.60 Å². The number of aryl methyl sites for hydroxylation is 1. The molecule has 1 amide bonds. The zero-order valence-corrected chi connectivity index (χ0v) is 12.4. The van der Waals surface area contributed by atoms with E-state index in [0.717, 1.165) is 31.4 Å². The molecule has 1 aromatic carbocycles. The van der Waals surface area contributed by atoms with Crippen LogP contribution in [0, 0.1) is 0 Å². The van der Waals surface area contributed by atoms with Gasteiger partial charge in [0.2, 0.25) is 0 Å². The molecule has 1 N–H and O–H groups in total. The van der Waals surface area contributed by atoms with Gasteiger partial charge in [-0.1, -0.05) is 18.2 Å². The number of ether oxygens (including phenoxy) is 1. The second kappa shape index (κ2) is 5.73. The summed E-state index contributed by atoms with van der Waals surface area (Å²) < 4.78 is 5.39. The lowest BCUT2D eigenvalue weighted by Crippen LogP contribution is -2.52. The van der Waals surface area contributed by atoms with E-state index in [2.05, 4.69) is 0 Å². The molecule has 1 saturated heterocycles. The molecule has 2 rings (SSSR count). The number of aromatic hydroxyl groups is 1. The number of amides is 1. The topological polar surface area (TPSA) is 49.8 Å². The number of para-hydroxylation sites is 1. The Hall–Kier alpha value is -1.71. The van der Waals surface area contributed by atoms with Crippen LogP contribution in [0.2, 0.25) is 0 Å². The molecule has 0 aromatic heterocycles. The van der Waals surface area contributed by atoms with E-state index in [-0.39, 0.29) is 12.1 Å². The van der Waals surface area contributed by atoms with Crippen LogP contribution in [0.3, 0.4) is 0 Å². The molecule has 4 heteroatoms. The zero-order chi connectivity index (χ0) is 14.8. The number of phenolic OH excluding ortho intramolecular Hbond substituents is 1. The van der Waals surface area contributed by atoms with Crippen molar-refractivity contribution in [3.05, 3.63) is 29.8 Å². The van der Waals surface area contributed by atoms with E-state index in [0.29, 0.717) is 5.75 Å². The highest BCUT2D eigenvalue weighted by Gasteiger charge is 2.34. The number of carbonyl (C=O) groups excluding carboxylic acids is 1. The first-order chi connectivity index (χ1) is 9.37. The summed E-state index contributed by atoms with van der Waals surface area (Å²) in [4.78, 5) is 13.8. The molecule has 0 spiro atoms. The fourth-order valence-electron chi connectivity index (χ4n) is 2.35. The van der Waals surface area contributed by atoms with Gasteiger partial charge in [0.25, 0.3) is 0 Å². The van der Waals surface area contributed by atoms with Crippen molar-refractivity contribution in [2.24, 2.45) is 0 Å². The van der Waals surface area contributed by atoms with Gasteiger partial charge >= 0.3 is 6.09 Å². The molecular weight excluding hydrogens is 254 g/mol. The maximum atomic E-state index is 12.0. The fraction of sp³-hybridized carbons (Fsp3) is 0.562. The molecule has 0 bridgehead atoms. The van der Waals surface area contributed by atoms with Crippen LogP contribution in [-0.2, 0) is 11.2 Å². The van der Waals surface area contributed by atoms with Gasteiger partial charge in [0.05, 0.1) is 0 Å². The summed E-state index contributed by atoms with van der Waals surface area (Å²) in [5.41, 5.74) is 0.484. The minimum Gasteiger partial charge on any atom is -0.508 e. The smallest absolute Gasteiger partial charge is 0.410 e. The van der Waals surface area contributed by atoms with E-state index in [9.17, 15) is 9.90 Å². The Morgan fingerprint density at radius 1 is 1.40 bits per heavy atom. The SMILES string of the molecule is CC(C)(C)OC(=O)N1CCC1CCc1ccccc1O. The lowest BCUT2D eigenvalue weighted by molar-refractivity contribution is -0.00656. The van der Waals surface area contributed by atoms with Crippen LogP contribution in [0.25, 0.3) is 0 Å². The number of hydrogen-bond donors (Lipinski definition) is 1. The molecule has 1 heterocycles. The summed E-state index contributed by atoms with van der Waals surface area (Å²) in [6.07, 6.45) is 2.41. The molecular formula is C16H23NO3. The van der Waals surface area contributed by atoms with Crippen LogP contribution >= 0.6 is 0 Å². The maximum absolute atomic E-state index is 12.0. The van der Waals surface area contributed by atoms with Crippen LogP contribution in [0.4, 0.5) is 4.79 Å². The predicted molar refractivity (Wildman–Crippen MR) is 77.8 cm³/mol. The minimum atomic E-state index is -0.449. The summed E-state index contributed by atoms with van der Waals surface area (Å²) in [7, 11) is 0. The number of rotatable bonds is 3. The number of likely N-dealkylation sites (tertiary alicyclic amines) is 1. The monoisotopic (exact) mass is 277 g/mol. The molecule has 1 aliphatic rings. The first kappa shape index (κ1) is 14.7. The zero-order valence-electron chi connectivity index (χ0n) is 12.4. The van der Waals surface area contributed by atoms with E-state index >= 15 is 0 Å². The lowest BCUT2D eigenvalue weighted by atomic mass is 9.96. The maximum Gasteiger partial charge on any atom is 0.410 e. The van der Waals surface area contributed by atoms with Crippen molar-refractivity contribution >= 4 is 6.09 Å². The largest absolute Gasteiger partial charge is 0.508 e. The number of nitrogens with zero attached hydrogens (tertiary/aromatic N) is 1. The highest BCUT2D eigenvalue weighted by atomic mass is 16.6. The summed E-state index contributed by atoms with van der Waals surface area (Å²) in [6, 6.07) is 7.58. The highest BCUT2D eigenvalue weighted by Crippen LogP contribution is 2.26. The lowest BCUT2D eigenvalue weighted by Gasteiger charge is -2.41. The summed E-state index contributed by atoms with van der Waals surface area (Å²) in [5.74, 6) is 0.329. The Balaban J connectivity index is 1.86. The Labute approximate surface area is 120 Å². The minimum absolute atomic E-state index is 0.226. The van der Waals surface area contributed by atoms with Gasteiger partial charge < -0.3 is 14.7 Å². The summed E-state index contributed by atoms with van der Waals surface area (Å²) in [5, 5.41) is 9.74. The molecule has 4 nitrogen and oxygen atoms in total. The van der Waals surface area contributed by atoms with E-state index in [1.54, 1.807) is 11.0 Å². The van der Waals surface area contributed by atoms with Gasteiger partial charge in [0, 0.05) is 12.6 Å². The third kappa shape index (κ3) is 3.65. The first-order valence-electron chi connectivity index (χ1n) is 7.13. The number of phenols is 1. The quantitative estimate of drug-likeness (QED) is 0.922. The molecule has 1 fully saturated rings.